The Morgan fingerprint density at radius 1 is 1.18 bits per heavy atom. The van der Waals surface area contributed by atoms with Gasteiger partial charge in [0.1, 0.15) is 0 Å². The van der Waals surface area contributed by atoms with E-state index in [2.05, 4.69) is 6.92 Å². The second-order valence-electron chi connectivity index (χ2n) is 5.01. The molecule has 0 heterocycles. The minimum atomic E-state index is 0.148. The van der Waals surface area contributed by atoms with Gasteiger partial charge in [0.05, 0.1) is 5.69 Å². The summed E-state index contributed by atoms with van der Waals surface area (Å²) in [6.07, 6.45) is 6.30. The highest BCUT2D eigenvalue weighted by atomic mass is 35.5. The molecule has 92 valence electrons. The highest BCUT2D eigenvalue weighted by molar-refractivity contribution is 6.20. The first kappa shape index (κ1) is 12.6. The Balaban J connectivity index is 2.22. The average Bonchev–Trinajstić information content (AvgIpc) is 2.40. The highest BCUT2D eigenvalue weighted by Crippen LogP contribution is 2.39. The lowest BCUT2D eigenvalue weighted by atomic mass is 9.72. The molecule has 0 N–H and O–H groups in total. The predicted molar refractivity (Wildman–Crippen MR) is 75.4 cm³/mol. The van der Waals surface area contributed by atoms with Crippen molar-refractivity contribution in [2.45, 2.75) is 39.0 Å². The van der Waals surface area contributed by atoms with Crippen LogP contribution in [-0.2, 0) is 0 Å². The molecule has 0 spiro atoms. The Kier molecular flexibility index (Phi) is 4.22. The number of nitrogens with zero attached hydrogens (tertiary/aromatic N) is 1. The molecule has 0 aromatic heterocycles. The predicted octanol–water partition coefficient (Wildman–Crippen LogP) is 4.97. The molecule has 0 saturated heterocycles. The molecular weight excluding hydrogens is 230 g/mol. The zero-order valence-corrected chi connectivity index (χ0v) is 11.2. The van der Waals surface area contributed by atoms with Crippen molar-refractivity contribution in [2.24, 2.45) is 10.4 Å². The smallest absolute Gasteiger partial charge is 0.0629 e. The highest BCUT2D eigenvalue weighted by Gasteiger charge is 2.34. The zero-order chi connectivity index (χ0) is 12.1. The number of benzene rings is 1. The number of halogens is 1. The van der Waals surface area contributed by atoms with Crippen LogP contribution in [0.2, 0.25) is 0 Å². The summed E-state index contributed by atoms with van der Waals surface area (Å²) in [6.45, 7) is 2.14. The zero-order valence-electron chi connectivity index (χ0n) is 10.5. The number of hydrogen-bond donors (Lipinski definition) is 0. The number of para-hydroxylation sites is 1. The Hall–Kier alpha value is -0.820. The molecule has 1 aliphatic rings. The monoisotopic (exact) mass is 249 g/mol. The summed E-state index contributed by atoms with van der Waals surface area (Å²) in [5.41, 5.74) is 2.40. The largest absolute Gasteiger partial charge is 0.258 e. The lowest BCUT2D eigenvalue weighted by Gasteiger charge is -2.35. The van der Waals surface area contributed by atoms with E-state index in [0.717, 1.165) is 5.69 Å². The van der Waals surface area contributed by atoms with Crippen LogP contribution in [0.25, 0.3) is 0 Å². The minimum Gasteiger partial charge on any atom is -0.258 e. The maximum atomic E-state index is 6.22. The van der Waals surface area contributed by atoms with Crippen molar-refractivity contribution < 1.29 is 0 Å². The molecule has 2 heteroatoms. The van der Waals surface area contributed by atoms with Crippen molar-refractivity contribution in [1.82, 2.24) is 0 Å². The summed E-state index contributed by atoms with van der Waals surface area (Å²) in [5, 5.41) is 0. The molecule has 1 saturated carbocycles. The Labute approximate surface area is 109 Å². The molecule has 1 fully saturated rings. The molecule has 17 heavy (non-hydrogen) atoms. The summed E-state index contributed by atoms with van der Waals surface area (Å²) in [4.78, 5) is 4.76. The van der Waals surface area contributed by atoms with E-state index in [9.17, 15) is 0 Å². The number of hydrogen-bond acceptors (Lipinski definition) is 1. The molecule has 1 nitrogen and oxygen atoms in total. The second kappa shape index (κ2) is 5.68. The van der Waals surface area contributed by atoms with Crippen LogP contribution >= 0.6 is 11.6 Å². The minimum absolute atomic E-state index is 0.148. The van der Waals surface area contributed by atoms with Gasteiger partial charge in [0.2, 0.25) is 0 Å². The van der Waals surface area contributed by atoms with E-state index in [4.69, 9.17) is 16.6 Å². The van der Waals surface area contributed by atoms with Crippen LogP contribution in [0.15, 0.2) is 35.3 Å². The maximum Gasteiger partial charge on any atom is 0.0629 e. The van der Waals surface area contributed by atoms with Gasteiger partial charge in [-0.3, -0.25) is 4.99 Å². The van der Waals surface area contributed by atoms with Gasteiger partial charge in [0.25, 0.3) is 0 Å². The van der Waals surface area contributed by atoms with E-state index in [-0.39, 0.29) is 5.41 Å². The molecule has 1 aromatic carbocycles. The molecule has 1 aromatic rings. The van der Waals surface area contributed by atoms with Crippen molar-refractivity contribution in [3.63, 3.8) is 0 Å². The van der Waals surface area contributed by atoms with Gasteiger partial charge in [-0.05, 0) is 31.9 Å². The van der Waals surface area contributed by atoms with Crippen LogP contribution in [0.4, 0.5) is 5.69 Å². The SMILES string of the molecule is CC(=Nc1ccccc1)C1(CCl)CCCCC1. The first-order valence-corrected chi connectivity index (χ1v) is 6.97. The normalized spacial score (nSPS) is 20.2. The molecule has 0 aliphatic heterocycles. The summed E-state index contributed by atoms with van der Waals surface area (Å²) < 4.78 is 0. The van der Waals surface area contributed by atoms with Crippen LogP contribution in [0, 0.1) is 5.41 Å². The summed E-state index contributed by atoms with van der Waals surface area (Å²) in [5.74, 6) is 0.704. The maximum absolute atomic E-state index is 6.22. The van der Waals surface area contributed by atoms with E-state index < -0.39 is 0 Å². The Morgan fingerprint density at radius 2 is 1.82 bits per heavy atom. The number of aliphatic imine (C=N–C) groups is 1. The van der Waals surface area contributed by atoms with E-state index >= 15 is 0 Å². The van der Waals surface area contributed by atoms with E-state index in [1.54, 1.807) is 0 Å². The van der Waals surface area contributed by atoms with E-state index in [1.807, 2.05) is 30.3 Å². The van der Waals surface area contributed by atoms with Crippen molar-refractivity contribution in [3.05, 3.63) is 30.3 Å². The van der Waals surface area contributed by atoms with Gasteiger partial charge in [0.15, 0.2) is 0 Å². The topological polar surface area (TPSA) is 12.4 Å². The lowest BCUT2D eigenvalue weighted by Crippen LogP contribution is -2.33. The lowest BCUT2D eigenvalue weighted by molar-refractivity contribution is 0.315. The third-order valence-corrected chi connectivity index (χ3v) is 4.40. The van der Waals surface area contributed by atoms with Crippen LogP contribution in [-0.4, -0.2) is 11.6 Å². The van der Waals surface area contributed by atoms with Crippen LogP contribution in [0.3, 0.4) is 0 Å². The molecular formula is C15H20ClN. The van der Waals surface area contributed by atoms with E-state index in [1.165, 1.54) is 37.8 Å². The van der Waals surface area contributed by atoms with Crippen LogP contribution in [0.5, 0.6) is 0 Å². The van der Waals surface area contributed by atoms with Gasteiger partial charge in [0, 0.05) is 17.0 Å². The Bertz CT molecular complexity index is 377. The molecule has 1 aliphatic carbocycles. The van der Waals surface area contributed by atoms with Crippen molar-refractivity contribution in [1.29, 1.82) is 0 Å². The molecule has 0 bridgehead atoms. The fourth-order valence-electron chi connectivity index (χ4n) is 2.64. The van der Waals surface area contributed by atoms with Crippen molar-refractivity contribution in [2.75, 3.05) is 5.88 Å². The fourth-order valence-corrected chi connectivity index (χ4v) is 3.10. The first-order valence-electron chi connectivity index (χ1n) is 6.44. The Morgan fingerprint density at radius 3 is 2.41 bits per heavy atom. The second-order valence-corrected chi connectivity index (χ2v) is 5.27. The molecule has 0 amide bonds. The summed E-state index contributed by atoms with van der Waals surface area (Å²) in [7, 11) is 0. The third kappa shape index (κ3) is 2.90. The van der Waals surface area contributed by atoms with Gasteiger partial charge in [-0.15, -0.1) is 11.6 Å². The van der Waals surface area contributed by atoms with Crippen molar-refractivity contribution in [3.8, 4) is 0 Å². The first-order chi connectivity index (χ1) is 8.27. The molecule has 2 rings (SSSR count). The quantitative estimate of drug-likeness (QED) is 0.530. The number of alkyl halides is 1. The molecule has 0 atom stereocenters. The van der Waals surface area contributed by atoms with Gasteiger partial charge in [-0.1, -0.05) is 37.5 Å². The molecule has 0 radical (unpaired) electrons. The standard InChI is InChI=1S/C15H20ClN/c1-13(17-14-8-4-2-5-9-14)15(12-16)10-6-3-7-11-15/h2,4-5,8-9H,3,6-7,10-12H2,1H3. The van der Waals surface area contributed by atoms with Gasteiger partial charge < -0.3 is 0 Å². The average molecular weight is 250 g/mol. The van der Waals surface area contributed by atoms with Crippen LogP contribution < -0.4 is 0 Å². The van der Waals surface area contributed by atoms with Crippen LogP contribution in [0.1, 0.15) is 39.0 Å². The van der Waals surface area contributed by atoms with Gasteiger partial charge in [-0.2, -0.15) is 0 Å². The number of rotatable bonds is 3. The van der Waals surface area contributed by atoms with Gasteiger partial charge >= 0.3 is 0 Å². The molecule has 0 unspecified atom stereocenters. The fraction of sp³-hybridized carbons (Fsp3) is 0.533. The van der Waals surface area contributed by atoms with Gasteiger partial charge in [-0.25, -0.2) is 0 Å². The van der Waals surface area contributed by atoms with Crippen molar-refractivity contribution >= 4 is 23.0 Å². The summed E-state index contributed by atoms with van der Waals surface area (Å²) in [6, 6.07) is 10.2. The summed E-state index contributed by atoms with van der Waals surface area (Å²) >= 11 is 6.22. The third-order valence-electron chi connectivity index (χ3n) is 3.89. The van der Waals surface area contributed by atoms with E-state index in [0.29, 0.717) is 5.88 Å².